The SMILES string of the molecule is CC(C)(C)S(=O)(=O)[C@@H]1CCN(C(=O)Cc2c(F)cccc2Cl)C1. The number of rotatable bonds is 3. The van der Waals surface area contributed by atoms with Crippen LogP contribution in [0.3, 0.4) is 0 Å². The maximum atomic E-state index is 13.8. The number of hydrogen-bond acceptors (Lipinski definition) is 3. The highest BCUT2D eigenvalue weighted by Crippen LogP contribution is 2.28. The monoisotopic (exact) mass is 361 g/mol. The van der Waals surface area contributed by atoms with Gasteiger partial charge in [0.25, 0.3) is 0 Å². The zero-order chi connectivity index (χ0) is 17.4. The lowest BCUT2D eigenvalue weighted by Crippen LogP contribution is -2.40. The number of sulfone groups is 1. The van der Waals surface area contributed by atoms with Crippen molar-refractivity contribution in [3.8, 4) is 0 Å². The fourth-order valence-corrected chi connectivity index (χ4v) is 4.69. The summed E-state index contributed by atoms with van der Waals surface area (Å²) in [4.78, 5) is 13.8. The molecule has 7 heteroatoms. The molecular weight excluding hydrogens is 341 g/mol. The molecule has 0 radical (unpaired) electrons. The molecule has 0 unspecified atom stereocenters. The van der Waals surface area contributed by atoms with Gasteiger partial charge in [-0.1, -0.05) is 17.7 Å². The van der Waals surface area contributed by atoms with Gasteiger partial charge < -0.3 is 4.90 Å². The fraction of sp³-hybridized carbons (Fsp3) is 0.562. The van der Waals surface area contributed by atoms with Gasteiger partial charge >= 0.3 is 0 Å². The number of carbonyl (C=O) groups excluding carboxylic acids is 1. The van der Waals surface area contributed by atoms with Crippen LogP contribution in [0.1, 0.15) is 32.8 Å². The molecule has 4 nitrogen and oxygen atoms in total. The number of carbonyl (C=O) groups is 1. The molecule has 1 amide bonds. The molecule has 0 bridgehead atoms. The van der Waals surface area contributed by atoms with E-state index in [0.717, 1.165) is 0 Å². The molecule has 1 heterocycles. The Balaban J connectivity index is 2.09. The summed E-state index contributed by atoms with van der Waals surface area (Å²) in [6.07, 6.45) is 0.254. The Morgan fingerprint density at radius 2 is 2.04 bits per heavy atom. The maximum Gasteiger partial charge on any atom is 0.227 e. The van der Waals surface area contributed by atoms with E-state index in [1.54, 1.807) is 20.8 Å². The smallest absolute Gasteiger partial charge is 0.227 e. The zero-order valence-corrected chi connectivity index (χ0v) is 15.0. The van der Waals surface area contributed by atoms with Crippen molar-refractivity contribution >= 4 is 27.3 Å². The van der Waals surface area contributed by atoms with Crippen molar-refractivity contribution in [2.24, 2.45) is 0 Å². The van der Waals surface area contributed by atoms with Gasteiger partial charge in [-0.2, -0.15) is 0 Å². The van der Waals surface area contributed by atoms with Crippen molar-refractivity contribution in [2.45, 2.75) is 43.6 Å². The number of amides is 1. The van der Waals surface area contributed by atoms with Crippen LogP contribution < -0.4 is 0 Å². The number of halogens is 2. The normalized spacial score (nSPS) is 19.2. The minimum absolute atomic E-state index is 0.154. The van der Waals surface area contributed by atoms with Crippen molar-refractivity contribution in [3.63, 3.8) is 0 Å². The summed E-state index contributed by atoms with van der Waals surface area (Å²) in [5.74, 6) is -0.826. The summed E-state index contributed by atoms with van der Waals surface area (Å²) < 4.78 is 37.9. The lowest BCUT2D eigenvalue weighted by molar-refractivity contribution is -0.129. The molecule has 0 aliphatic carbocycles. The van der Waals surface area contributed by atoms with Gasteiger partial charge in [0.1, 0.15) is 5.82 Å². The van der Waals surface area contributed by atoms with Crippen molar-refractivity contribution < 1.29 is 17.6 Å². The molecule has 0 saturated carbocycles. The van der Waals surface area contributed by atoms with Gasteiger partial charge in [0.2, 0.25) is 5.91 Å². The topological polar surface area (TPSA) is 54.5 Å². The first-order valence-electron chi connectivity index (χ1n) is 7.48. The van der Waals surface area contributed by atoms with E-state index in [0.29, 0.717) is 13.0 Å². The lowest BCUT2D eigenvalue weighted by Gasteiger charge is -2.24. The number of hydrogen-bond donors (Lipinski definition) is 0. The molecule has 23 heavy (non-hydrogen) atoms. The Labute approximate surface area is 141 Å². The second-order valence-electron chi connectivity index (χ2n) is 6.78. The van der Waals surface area contributed by atoms with Gasteiger partial charge in [0, 0.05) is 23.7 Å². The number of benzene rings is 1. The molecule has 1 aliphatic rings. The molecule has 0 aromatic heterocycles. The first-order chi connectivity index (χ1) is 10.5. The molecule has 2 rings (SSSR count). The molecule has 0 spiro atoms. The summed E-state index contributed by atoms with van der Waals surface area (Å²) in [6.45, 7) is 5.50. The van der Waals surface area contributed by atoms with Gasteiger partial charge in [0.05, 0.1) is 16.4 Å². The molecule has 1 saturated heterocycles. The molecule has 1 aromatic carbocycles. The van der Waals surface area contributed by atoms with Crippen molar-refractivity contribution in [2.75, 3.05) is 13.1 Å². The van der Waals surface area contributed by atoms with Gasteiger partial charge in [-0.05, 0) is 39.3 Å². The first kappa shape index (κ1) is 18.2. The van der Waals surface area contributed by atoms with E-state index >= 15 is 0 Å². The highest BCUT2D eigenvalue weighted by molar-refractivity contribution is 7.93. The second kappa shape index (κ2) is 6.40. The van der Waals surface area contributed by atoms with Crippen LogP contribution in [0.2, 0.25) is 5.02 Å². The van der Waals surface area contributed by atoms with Crippen LogP contribution in [0.15, 0.2) is 18.2 Å². The summed E-state index contributed by atoms with van der Waals surface area (Å²) in [7, 11) is -3.33. The first-order valence-corrected chi connectivity index (χ1v) is 9.40. The molecule has 1 aliphatic heterocycles. The Morgan fingerprint density at radius 3 is 2.61 bits per heavy atom. The van der Waals surface area contributed by atoms with E-state index in [-0.39, 0.29) is 29.5 Å². The fourth-order valence-electron chi connectivity index (χ4n) is 2.67. The van der Waals surface area contributed by atoms with Crippen molar-refractivity contribution in [1.29, 1.82) is 0 Å². The minimum Gasteiger partial charge on any atom is -0.341 e. The average Bonchev–Trinajstić information content (AvgIpc) is 2.92. The third-order valence-electron chi connectivity index (χ3n) is 4.18. The highest BCUT2D eigenvalue weighted by Gasteiger charge is 2.41. The predicted molar refractivity (Wildman–Crippen MR) is 88.8 cm³/mol. The summed E-state index contributed by atoms with van der Waals surface area (Å²) in [6, 6.07) is 4.27. The van der Waals surface area contributed by atoms with E-state index in [1.807, 2.05) is 0 Å². The van der Waals surface area contributed by atoms with Crippen LogP contribution in [0.5, 0.6) is 0 Å². The van der Waals surface area contributed by atoms with Gasteiger partial charge in [-0.25, -0.2) is 12.8 Å². The summed E-state index contributed by atoms with van der Waals surface area (Å²) in [5, 5.41) is -0.362. The Morgan fingerprint density at radius 1 is 1.39 bits per heavy atom. The Bertz CT molecular complexity index is 692. The minimum atomic E-state index is -3.33. The van der Waals surface area contributed by atoms with Crippen LogP contribution in [0.25, 0.3) is 0 Å². The van der Waals surface area contributed by atoms with E-state index in [9.17, 15) is 17.6 Å². The van der Waals surface area contributed by atoms with Crippen molar-refractivity contribution in [1.82, 2.24) is 4.90 Å². The van der Waals surface area contributed by atoms with Crippen molar-refractivity contribution in [3.05, 3.63) is 34.6 Å². The van der Waals surface area contributed by atoms with E-state index < -0.39 is 25.7 Å². The molecule has 128 valence electrons. The van der Waals surface area contributed by atoms with Crippen LogP contribution >= 0.6 is 11.6 Å². The third-order valence-corrected chi connectivity index (χ3v) is 7.50. The standard InChI is InChI=1S/C16H21ClFNO3S/c1-16(2,3)23(21,22)11-7-8-19(10-11)15(20)9-12-13(17)5-4-6-14(12)18/h4-6,11H,7-10H2,1-3H3/t11-/m1/s1. The second-order valence-corrected chi connectivity index (χ2v) is 10.2. The Hall–Kier alpha value is -1.14. The van der Waals surface area contributed by atoms with Crippen LogP contribution in [-0.4, -0.2) is 42.3 Å². The molecule has 1 fully saturated rings. The van der Waals surface area contributed by atoms with Crippen LogP contribution in [0, 0.1) is 5.82 Å². The summed E-state index contributed by atoms with van der Waals surface area (Å²) in [5.41, 5.74) is 0.154. The van der Waals surface area contributed by atoms with E-state index in [1.165, 1.54) is 23.1 Å². The number of nitrogens with zero attached hydrogens (tertiary/aromatic N) is 1. The molecule has 0 N–H and O–H groups in total. The quantitative estimate of drug-likeness (QED) is 0.831. The van der Waals surface area contributed by atoms with Gasteiger partial charge in [0.15, 0.2) is 9.84 Å². The predicted octanol–water partition coefficient (Wildman–Crippen LogP) is 2.84. The maximum absolute atomic E-state index is 13.8. The van der Waals surface area contributed by atoms with E-state index in [2.05, 4.69) is 0 Å². The van der Waals surface area contributed by atoms with Crippen LogP contribution in [-0.2, 0) is 21.1 Å². The molecule has 1 atom stereocenters. The number of likely N-dealkylation sites (tertiary alicyclic amines) is 1. The zero-order valence-electron chi connectivity index (χ0n) is 13.5. The average molecular weight is 362 g/mol. The molecular formula is C16H21ClFNO3S. The summed E-state index contributed by atoms with van der Waals surface area (Å²) >= 11 is 5.93. The molecule has 1 aromatic rings. The third kappa shape index (κ3) is 3.69. The van der Waals surface area contributed by atoms with Crippen LogP contribution in [0.4, 0.5) is 4.39 Å². The van der Waals surface area contributed by atoms with E-state index in [4.69, 9.17) is 11.6 Å². The van der Waals surface area contributed by atoms with Gasteiger partial charge in [-0.3, -0.25) is 4.79 Å². The Kier molecular flexibility index (Phi) is 5.06. The highest BCUT2D eigenvalue weighted by atomic mass is 35.5. The lowest BCUT2D eigenvalue weighted by atomic mass is 10.1. The largest absolute Gasteiger partial charge is 0.341 e. The van der Waals surface area contributed by atoms with Gasteiger partial charge in [-0.15, -0.1) is 0 Å².